The van der Waals surface area contributed by atoms with Crippen LogP contribution in [0.2, 0.25) is 0 Å². The van der Waals surface area contributed by atoms with Gasteiger partial charge < -0.3 is 20.4 Å². The zero-order chi connectivity index (χ0) is 24.3. The largest absolute Gasteiger partial charge is 0.481 e. The molecule has 1 fully saturated rings. The molecule has 34 heavy (non-hydrogen) atoms. The number of ether oxygens (including phenoxy) is 1. The van der Waals surface area contributed by atoms with Gasteiger partial charge in [-0.15, -0.1) is 0 Å². The molecule has 2 aromatic heterocycles. The molecule has 0 atom stereocenters. The fourth-order valence-corrected chi connectivity index (χ4v) is 4.14. The summed E-state index contributed by atoms with van der Waals surface area (Å²) < 4.78 is 46.5. The van der Waals surface area contributed by atoms with Crippen molar-refractivity contribution in [2.75, 3.05) is 12.4 Å². The summed E-state index contributed by atoms with van der Waals surface area (Å²) in [6.07, 6.45) is 2.49. The minimum absolute atomic E-state index is 0.00878. The monoisotopic (exact) mass is 471 g/mol. The van der Waals surface area contributed by atoms with E-state index < -0.39 is 17.3 Å². The van der Waals surface area contributed by atoms with Crippen LogP contribution in [0.15, 0.2) is 41.3 Å². The van der Waals surface area contributed by atoms with Crippen LogP contribution < -0.4 is 15.6 Å². The van der Waals surface area contributed by atoms with Crippen LogP contribution in [0.1, 0.15) is 42.6 Å². The zero-order valence-electron chi connectivity index (χ0n) is 18.5. The summed E-state index contributed by atoms with van der Waals surface area (Å²) in [6, 6.07) is 7.52. The van der Waals surface area contributed by atoms with E-state index >= 15 is 0 Å². The van der Waals surface area contributed by atoms with Crippen molar-refractivity contribution in [3.63, 3.8) is 0 Å². The highest BCUT2D eigenvalue weighted by Gasteiger charge is 2.35. The van der Waals surface area contributed by atoms with Gasteiger partial charge in [0.05, 0.1) is 12.7 Å². The third kappa shape index (κ3) is 5.11. The molecule has 0 aliphatic heterocycles. The fraction of sp³-hybridized carbons (Fsp3) is 0.333. The molecule has 1 aliphatic rings. The van der Waals surface area contributed by atoms with Gasteiger partial charge in [-0.05, 0) is 48.2 Å². The molecule has 0 radical (unpaired) electrons. The molecule has 0 bridgehead atoms. The molecule has 3 N–H and O–H groups in total. The standard InChI is InChI=1S/C24H24F3N5O2/c1-34-23-18(3-2-10-29-23)17-5-4-15(25)11-14(17)12-20-31-21(19(13-28)22(33)32-20)30-16-6-8-24(26,27)9-7-16/h2-5,10-11,13,16,28H,6-9,12H2,1H3,(H2,30,31,32,33). The number of nitrogens with one attached hydrogen (secondary N) is 3. The van der Waals surface area contributed by atoms with E-state index in [1.807, 2.05) is 0 Å². The Morgan fingerprint density at radius 2 is 2.03 bits per heavy atom. The van der Waals surface area contributed by atoms with Crippen molar-refractivity contribution in [3.05, 3.63) is 69.7 Å². The first-order valence-electron chi connectivity index (χ1n) is 10.9. The molecule has 178 valence electrons. The maximum Gasteiger partial charge on any atom is 0.261 e. The molecule has 0 spiro atoms. The van der Waals surface area contributed by atoms with Crippen LogP contribution in [0, 0.1) is 11.2 Å². The number of nitrogens with zero attached hydrogens (tertiary/aromatic N) is 2. The number of hydrogen-bond donors (Lipinski definition) is 3. The third-order valence-corrected chi connectivity index (χ3v) is 5.89. The Balaban J connectivity index is 1.68. The number of benzene rings is 1. The summed E-state index contributed by atoms with van der Waals surface area (Å²) in [6.45, 7) is 0. The second-order valence-electron chi connectivity index (χ2n) is 8.23. The van der Waals surface area contributed by atoms with Gasteiger partial charge in [-0.1, -0.05) is 6.07 Å². The van der Waals surface area contributed by atoms with Gasteiger partial charge in [0.1, 0.15) is 17.5 Å². The molecule has 0 saturated heterocycles. The van der Waals surface area contributed by atoms with E-state index in [9.17, 15) is 18.0 Å². The minimum atomic E-state index is -2.68. The maximum atomic E-state index is 14.2. The van der Waals surface area contributed by atoms with Gasteiger partial charge in [0.2, 0.25) is 11.8 Å². The van der Waals surface area contributed by atoms with Crippen LogP contribution in [0.3, 0.4) is 0 Å². The number of H-pyrrole nitrogens is 1. The normalized spacial score (nSPS) is 15.6. The molecule has 3 aromatic rings. The Labute approximate surface area is 193 Å². The molecular formula is C24H24F3N5O2. The molecule has 7 nitrogen and oxygen atoms in total. The summed E-state index contributed by atoms with van der Waals surface area (Å²) in [5, 5.41) is 10.7. The van der Waals surface area contributed by atoms with Crippen molar-refractivity contribution < 1.29 is 17.9 Å². The number of aromatic amines is 1. The minimum Gasteiger partial charge on any atom is -0.481 e. The van der Waals surface area contributed by atoms with E-state index in [-0.39, 0.29) is 55.4 Å². The van der Waals surface area contributed by atoms with E-state index in [0.29, 0.717) is 22.6 Å². The molecular weight excluding hydrogens is 447 g/mol. The Hall–Kier alpha value is -3.69. The zero-order valence-corrected chi connectivity index (χ0v) is 18.5. The van der Waals surface area contributed by atoms with E-state index in [1.54, 1.807) is 24.4 Å². The molecule has 1 aliphatic carbocycles. The van der Waals surface area contributed by atoms with Crippen molar-refractivity contribution >= 4 is 12.0 Å². The summed E-state index contributed by atoms with van der Waals surface area (Å²) >= 11 is 0. The lowest BCUT2D eigenvalue weighted by atomic mass is 9.92. The van der Waals surface area contributed by atoms with E-state index in [4.69, 9.17) is 10.1 Å². The second kappa shape index (κ2) is 9.66. The first kappa shape index (κ1) is 23.5. The molecule has 4 rings (SSSR count). The van der Waals surface area contributed by atoms with Gasteiger partial charge >= 0.3 is 0 Å². The SMILES string of the molecule is COc1ncccc1-c1ccc(F)cc1Cc1nc(NC2CCC(F)(F)CC2)c(C=N)c(=O)[nH]1. The number of hydrogen-bond acceptors (Lipinski definition) is 6. The number of anilines is 1. The Morgan fingerprint density at radius 1 is 1.26 bits per heavy atom. The average Bonchev–Trinajstić information content (AvgIpc) is 2.80. The van der Waals surface area contributed by atoms with Gasteiger partial charge in [0.15, 0.2) is 0 Å². The average molecular weight is 471 g/mol. The third-order valence-electron chi connectivity index (χ3n) is 5.89. The molecule has 0 amide bonds. The topological polar surface area (TPSA) is 104 Å². The number of aromatic nitrogens is 3. The van der Waals surface area contributed by atoms with Gasteiger partial charge in [-0.2, -0.15) is 0 Å². The number of methoxy groups -OCH3 is 1. The predicted molar refractivity (Wildman–Crippen MR) is 123 cm³/mol. The van der Waals surface area contributed by atoms with Crippen LogP contribution in [-0.4, -0.2) is 40.2 Å². The molecule has 2 heterocycles. The molecule has 1 saturated carbocycles. The Morgan fingerprint density at radius 3 is 2.74 bits per heavy atom. The van der Waals surface area contributed by atoms with Gasteiger partial charge in [-0.3, -0.25) is 4.79 Å². The van der Waals surface area contributed by atoms with Crippen molar-refractivity contribution in [2.45, 2.75) is 44.1 Å². The molecule has 1 aromatic carbocycles. The quantitative estimate of drug-likeness (QED) is 0.439. The number of halogens is 3. The van der Waals surface area contributed by atoms with Crippen LogP contribution in [0.25, 0.3) is 11.1 Å². The van der Waals surface area contributed by atoms with E-state index in [0.717, 1.165) is 6.21 Å². The summed E-state index contributed by atoms with van der Waals surface area (Å²) in [5.74, 6) is -2.38. The van der Waals surface area contributed by atoms with Gasteiger partial charge in [-0.25, -0.2) is 23.1 Å². The van der Waals surface area contributed by atoms with Gasteiger partial charge in [0, 0.05) is 43.3 Å². The van der Waals surface area contributed by atoms with Crippen molar-refractivity contribution in [1.29, 1.82) is 5.41 Å². The van der Waals surface area contributed by atoms with Gasteiger partial charge in [0.25, 0.3) is 5.56 Å². The maximum absolute atomic E-state index is 14.2. The number of pyridine rings is 1. The highest BCUT2D eigenvalue weighted by Crippen LogP contribution is 2.35. The van der Waals surface area contributed by atoms with Crippen molar-refractivity contribution in [3.8, 4) is 17.0 Å². The van der Waals surface area contributed by atoms with Crippen LogP contribution in [0.5, 0.6) is 5.88 Å². The Bertz CT molecular complexity index is 1250. The smallest absolute Gasteiger partial charge is 0.261 e. The summed E-state index contributed by atoms with van der Waals surface area (Å²) in [5.41, 5.74) is 1.32. The van der Waals surface area contributed by atoms with Crippen LogP contribution in [0.4, 0.5) is 19.0 Å². The lowest BCUT2D eigenvalue weighted by molar-refractivity contribution is -0.0361. The predicted octanol–water partition coefficient (Wildman–Crippen LogP) is 4.56. The van der Waals surface area contributed by atoms with Crippen molar-refractivity contribution in [1.82, 2.24) is 15.0 Å². The first-order chi connectivity index (χ1) is 16.3. The van der Waals surface area contributed by atoms with E-state index in [1.165, 1.54) is 19.2 Å². The van der Waals surface area contributed by atoms with Crippen molar-refractivity contribution in [2.24, 2.45) is 0 Å². The summed E-state index contributed by atoms with van der Waals surface area (Å²) in [4.78, 5) is 23.9. The lowest BCUT2D eigenvalue weighted by Gasteiger charge is -2.29. The number of alkyl halides is 2. The highest BCUT2D eigenvalue weighted by molar-refractivity contribution is 5.83. The van der Waals surface area contributed by atoms with Crippen LogP contribution >= 0.6 is 0 Å². The Kier molecular flexibility index (Phi) is 6.67. The summed E-state index contributed by atoms with van der Waals surface area (Å²) in [7, 11) is 1.49. The fourth-order valence-electron chi connectivity index (χ4n) is 4.14. The number of rotatable bonds is 7. The van der Waals surface area contributed by atoms with Crippen LogP contribution in [-0.2, 0) is 6.42 Å². The second-order valence-corrected chi connectivity index (χ2v) is 8.23. The first-order valence-corrected chi connectivity index (χ1v) is 10.9. The molecule has 0 unspecified atom stereocenters. The van der Waals surface area contributed by atoms with E-state index in [2.05, 4.69) is 20.3 Å². The molecule has 10 heteroatoms. The lowest BCUT2D eigenvalue weighted by Crippen LogP contribution is -2.33. The highest BCUT2D eigenvalue weighted by atomic mass is 19.3.